The van der Waals surface area contributed by atoms with E-state index in [1.807, 2.05) is 0 Å². The molecule has 0 unspecified atom stereocenters. The van der Waals surface area contributed by atoms with Crippen LogP contribution in [-0.2, 0) is 11.0 Å². The maximum Gasteiger partial charge on any atom is 0.471 e. The highest BCUT2D eigenvalue weighted by molar-refractivity contribution is 5.98. The Balaban J connectivity index is 0.00000243. The smallest absolute Gasteiger partial charge is 0.329 e. The number of hydrogen-bond donors (Lipinski definition) is 2. The Hall–Kier alpha value is -2.13. The van der Waals surface area contributed by atoms with Gasteiger partial charge in [-0.2, -0.15) is 18.2 Å². The van der Waals surface area contributed by atoms with Crippen LogP contribution in [0, 0.1) is 0 Å². The van der Waals surface area contributed by atoms with Crippen LogP contribution < -0.4 is 11.1 Å². The molecule has 142 valence electrons. The van der Waals surface area contributed by atoms with Crippen molar-refractivity contribution in [3.05, 3.63) is 30.2 Å². The number of rotatable bonds is 3. The molecule has 1 aromatic heterocycles. The first kappa shape index (κ1) is 20.2. The molecular weight excluding hydrogens is 373 g/mol. The summed E-state index contributed by atoms with van der Waals surface area (Å²) in [7, 11) is 0. The van der Waals surface area contributed by atoms with Crippen LogP contribution in [0.4, 0.5) is 18.9 Å². The Morgan fingerprint density at radius 2 is 1.77 bits per heavy atom. The van der Waals surface area contributed by atoms with Gasteiger partial charge in [0.15, 0.2) is 0 Å². The molecule has 0 saturated heterocycles. The summed E-state index contributed by atoms with van der Waals surface area (Å²) in [5.41, 5.74) is 6.14. The lowest BCUT2D eigenvalue weighted by atomic mass is 9.82. The van der Waals surface area contributed by atoms with Gasteiger partial charge in [0, 0.05) is 11.3 Å². The van der Waals surface area contributed by atoms with Gasteiger partial charge in [0.25, 0.3) is 0 Å². The lowest BCUT2D eigenvalue weighted by Gasteiger charge is -2.31. The summed E-state index contributed by atoms with van der Waals surface area (Å²) in [5, 5.41) is 6.07. The van der Waals surface area contributed by atoms with Crippen LogP contribution >= 0.6 is 12.4 Å². The summed E-state index contributed by atoms with van der Waals surface area (Å²) < 4.78 is 41.6. The van der Waals surface area contributed by atoms with Gasteiger partial charge in [-0.3, -0.25) is 4.79 Å². The number of nitrogens with two attached hydrogens (primary N) is 1. The van der Waals surface area contributed by atoms with Crippen molar-refractivity contribution < 1.29 is 22.5 Å². The Labute approximate surface area is 153 Å². The van der Waals surface area contributed by atoms with Crippen molar-refractivity contribution in [2.24, 2.45) is 5.73 Å². The number of nitrogens with zero attached hydrogens (tertiary/aromatic N) is 2. The fourth-order valence-electron chi connectivity index (χ4n) is 2.82. The van der Waals surface area contributed by atoms with E-state index >= 15 is 0 Å². The molecule has 1 aliphatic carbocycles. The number of aromatic nitrogens is 2. The molecule has 3 N–H and O–H groups in total. The molecule has 0 bridgehead atoms. The quantitative estimate of drug-likeness (QED) is 0.831. The van der Waals surface area contributed by atoms with Crippen molar-refractivity contribution in [1.29, 1.82) is 0 Å². The molecule has 1 fully saturated rings. The van der Waals surface area contributed by atoms with E-state index < -0.39 is 17.6 Å². The fraction of sp³-hybridized carbons (Fsp3) is 0.438. The first-order chi connectivity index (χ1) is 11.8. The molecule has 0 spiro atoms. The zero-order valence-corrected chi connectivity index (χ0v) is 14.5. The topological polar surface area (TPSA) is 94.0 Å². The van der Waals surface area contributed by atoms with Crippen molar-refractivity contribution in [2.45, 2.75) is 43.8 Å². The highest BCUT2D eigenvalue weighted by atomic mass is 35.5. The van der Waals surface area contributed by atoms with Gasteiger partial charge in [0.2, 0.25) is 11.7 Å². The number of halogens is 4. The molecule has 2 aromatic rings. The van der Waals surface area contributed by atoms with E-state index in [0.717, 1.165) is 19.3 Å². The summed E-state index contributed by atoms with van der Waals surface area (Å²) in [5.74, 6) is -1.83. The lowest BCUT2D eigenvalue weighted by Crippen LogP contribution is -2.52. The number of hydrogen-bond acceptors (Lipinski definition) is 5. The monoisotopic (exact) mass is 390 g/mol. The predicted octanol–water partition coefficient (Wildman–Crippen LogP) is 3.78. The van der Waals surface area contributed by atoms with Crippen molar-refractivity contribution in [2.75, 3.05) is 5.32 Å². The number of benzene rings is 1. The maximum absolute atomic E-state index is 12.5. The highest BCUT2D eigenvalue weighted by Gasteiger charge is 2.38. The van der Waals surface area contributed by atoms with E-state index in [1.165, 1.54) is 12.1 Å². The Morgan fingerprint density at radius 3 is 2.31 bits per heavy atom. The highest BCUT2D eigenvalue weighted by Crippen LogP contribution is 2.30. The molecular formula is C16H18ClF3N4O2. The molecule has 3 rings (SSSR count). The van der Waals surface area contributed by atoms with Crippen LogP contribution in [0.1, 0.15) is 38.0 Å². The summed E-state index contributed by atoms with van der Waals surface area (Å²) in [6, 6.07) is 6.13. The first-order valence-electron chi connectivity index (χ1n) is 7.90. The van der Waals surface area contributed by atoms with Gasteiger partial charge >= 0.3 is 12.1 Å². The first-order valence-corrected chi connectivity index (χ1v) is 7.90. The lowest BCUT2D eigenvalue weighted by molar-refractivity contribution is -0.159. The SMILES string of the molecule is Cl.NC1(C(=O)Nc2ccc(-c3noc(C(F)(F)F)n3)cc2)CCCCC1. The van der Waals surface area contributed by atoms with Crippen molar-refractivity contribution >= 4 is 24.0 Å². The van der Waals surface area contributed by atoms with Gasteiger partial charge in [-0.15, -0.1) is 12.4 Å². The molecule has 0 radical (unpaired) electrons. The molecule has 1 amide bonds. The summed E-state index contributed by atoms with van der Waals surface area (Å²) in [4.78, 5) is 15.7. The Kier molecular flexibility index (Phi) is 5.92. The second-order valence-corrected chi connectivity index (χ2v) is 6.17. The molecule has 26 heavy (non-hydrogen) atoms. The standard InChI is InChI=1S/C16H17F3N4O2.ClH/c17-16(18,19)14-22-12(23-25-14)10-4-6-11(7-5-10)21-13(24)15(20)8-2-1-3-9-15;/h4-7H,1-3,8-9,20H2,(H,21,24);1H. The molecule has 1 heterocycles. The minimum absolute atomic E-state index is 0. The molecule has 0 atom stereocenters. The van der Waals surface area contributed by atoms with E-state index in [-0.39, 0.29) is 24.1 Å². The van der Waals surface area contributed by atoms with Gasteiger partial charge in [-0.1, -0.05) is 24.4 Å². The third kappa shape index (κ3) is 4.34. The van der Waals surface area contributed by atoms with Crippen LogP contribution in [0.2, 0.25) is 0 Å². The minimum Gasteiger partial charge on any atom is -0.329 e. The predicted molar refractivity (Wildman–Crippen MR) is 90.6 cm³/mol. The van der Waals surface area contributed by atoms with Crippen LogP contribution in [0.25, 0.3) is 11.4 Å². The largest absolute Gasteiger partial charge is 0.471 e. The van der Waals surface area contributed by atoms with E-state index in [0.29, 0.717) is 24.1 Å². The van der Waals surface area contributed by atoms with Gasteiger partial charge in [0.1, 0.15) is 0 Å². The van der Waals surface area contributed by atoms with E-state index in [1.54, 1.807) is 12.1 Å². The van der Waals surface area contributed by atoms with E-state index in [9.17, 15) is 18.0 Å². The average molecular weight is 391 g/mol. The van der Waals surface area contributed by atoms with Crippen LogP contribution in [-0.4, -0.2) is 21.6 Å². The molecule has 1 aromatic carbocycles. The molecule has 1 saturated carbocycles. The van der Waals surface area contributed by atoms with E-state index in [4.69, 9.17) is 5.73 Å². The normalized spacial score (nSPS) is 16.6. The zero-order valence-electron chi connectivity index (χ0n) is 13.7. The minimum atomic E-state index is -4.69. The average Bonchev–Trinajstić information content (AvgIpc) is 3.06. The van der Waals surface area contributed by atoms with Crippen molar-refractivity contribution in [3.8, 4) is 11.4 Å². The molecule has 0 aliphatic heterocycles. The number of anilines is 1. The van der Waals surface area contributed by atoms with Crippen molar-refractivity contribution in [1.82, 2.24) is 10.1 Å². The number of amides is 1. The second-order valence-electron chi connectivity index (χ2n) is 6.17. The molecule has 6 nitrogen and oxygen atoms in total. The Morgan fingerprint density at radius 1 is 1.15 bits per heavy atom. The molecule has 10 heteroatoms. The third-order valence-corrected chi connectivity index (χ3v) is 4.27. The number of alkyl halides is 3. The number of carbonyl (C=O) groups is 1. The summed E-state index contributed by atoms with van der Waals surface area (Å²) in [6.45, 7) is 0. The fourth-order valence-corrected chi connectivity index (χ4v) is 2.82. The zero-order chi connectivity index (χ0) is 18.1. The van der Waals surface area contributed by atoms with Gasteiger partial charge in [-0.25, -0.2) is 0 Å². The second kappa shape index (κ2) is 7.63. The van der Waals surface area contributed by atoms with Gasteiger partial charge in [0.05, 0.1) is 5.54 Å². The van der Waals surface area contributed by atoms with Gasteiger partial charge < -0.3 is 15.6 Å². The summed E-state index contributed by atoms with van der Waals surface area (Å²) >= 11 is 0. The van der Waals surface area contributed by atoms with Crippen molar-refractivity contribution in [3.63, 3.8) is 0 Å². The van der Waals surface area contributed by atoms with Crippen LogP contribution in [0.3, 0.4) is 0 Å². The van der Waals surface area contributed by atoms with E-state index in [2.05, 4.69) is 20.0 Å². The number of carbonyl (C=O) groups excluding carboxylic acids is 1. The maximum atomic E-state index is 12.5. The summed E-state index contributed by atoms with van der Waals surface area (Å²) in [6.07, 6.45) is -0.495. The number of nitrogens with one attached hydrogen (secondary N) is 1. The molecule has 1 aliphatic rings. The Bertz CT molecular complexity index is 756. The van der Waals surface area contributed by atoms with Crippen LogP contribution in [0.15, 0.2) is 28.8 Å². The third-order valence-electron chi connectivity index (χ3n) is 4.27. The van der Waals surface area contributed by atoms with Crippen LogP contribution in [0.5, 0.6) is 0 Å². The van der Waals surface area contributed by atoms with Gasteiger partial charge in [-0.05, 0) is 37.1 Å².